The number of para-hydroxylation sites is 2. The van der Waals surface area contributed by atoms with Gasteiger partial charge >= 0.3 is 0 Å². The third kappa shape index (κ3) is 4.46. The number of nitrogens with one attached hydrogen (secondary N) is 1. The molecule has 1 aliphatic heterocycles. The van der Waals surface area contributed by atoms with Gasteiger partial charge in [-0.2, -0.15) is 0 Å². The van der Waals surface area contributed by atoms with E-state index in [0.29, 0.717) is 18.1 Å². The van der Waals surface area contributed by atoms with Gasteiger partial charge in [-0.1, -0.05) is 40.2 Å². The molecule has 1 aliphatic rings. The number of fused-ring (bicyclic) bond motifs is 1. The summed E-state index contributed by atoms with van der Waals surface area (Å²) in [4.78, 5) is 0. The minimum absolute atomic E-state index is 0.0728. The largest absolute Gasteiger partial charge is 0.486 e. The Morgan fingerprint density at radius 2 is 1.91 bits per heavy atom. The molecule has 7 heteroatoms. The van der Waals surface area contributed by atoms with Gasteiger partial charge in [-0.05, 0) is 29.8 Å². The highest BCUT2D eigenvalue weighted by atomic mass is 79.9. The minimum Gasteiger partial charge on any atom is -0.486 e. The normalized spacial score (nSPS) is 17.0. The molecule has 2 aromatic carbocycles. The van der Waals surface area contributed by atoms with Gasteiger partial charge in [0, 0.05) is 4.47 Å². The van der Waals surface area contributed by atoms with E-state index in [1.165, 1.54) is 0 Å². The number of hydrogen-bond acceptors (Lipinski definition) is 4. The first-order valence-electron chi connectivity index (χ1n) is 7.12. The topological polar surface area (TPSA) is 64.6 Å². The molecule has 1 heterocycles. The van der Waals surface area contributed by atoms with Gasteiger partial charge in [0.25, 0.3) is 0 Å². The number of ether oxygens (including phenoxy) is 2. The molecule has 3 rings (SSSR count). The lowest BCUT2D eigenvalue weighted by Crippen LogP contribution is -2.41. The van der Waals surface area contributed by atoms with Crippen molar-refractivity contribution in [2.75, 3.05) is 13.2 Å². The number of halogens is 1. The first kappa shape index (κ1) is 16.3. The van der Waals surface area contributed by atoms with Crippen molar-refractivity contribution in [2.45, 2.75) is 11.9 Å². The van der Waals surface area contributed by atoms with Gasteiger partial charge in [-0.15, -0.1) is 0 Å². The van der Waals surface area contributed by atoms with Crippen LogP contribution in [0.25, 0.3) is 0 Å². The summed E-state index contributed by atoms with van der Waals surface area (Å²) in [5.74, 6) is 1.24. The van der Waals surface area contributed by atoms with E-state index in [1.807, 2.05) is 30.3 Å². The van der Waals surface area contributed by atoms with Gasteiger partial charge in [0.15, 0.2) is 11.5 Å². The molecule has 0 amide bonds. The molecule has 1 atom stereocenters. The average Bonchev–Trinajstić information content (AvgIpc) is 2.52. The predicted molar refractivity (Wildman–Crippen MR) is 91.1 cm³/mol. The third-order valence-corrected chi connectivity index (χ3v) is 5.16. The second-order valence-electron chi connectivity index (χ2n) is 5.24. The Hall–Kier alpha value is -1.57. The lowest BCUT2D eigenvalue weighted by Gasteiger charge is -2.26. The summed E-state index contributed by atoms with van der Waals surface area (Å²) in [6.07, 6.45) is -0.345. The van der Waals surface area contributed by atoms with Gasteiger partial charge in [0.1, 0.15) is 12.7 Å². The van der Waals surface area contributed by atoms with Gasteiger partial charge in [0.2, 0.25) is 10.0 Å². The highest BCUT2D eigenvalue weighted by Gasteiger charge is 2.22. The highest BCUT2D eigenvalue weighted by Crippen LogP contribution is 2.30. The summed E-state index contributed by atoms with van der Waals surface area (Å²) < 4.78 is 39.1. The maximum absolute atomic E-state index is 12.2. The van der Waals surface area contributed by atoms with E-state index in [0.717, 1.165) is 10.0 Å². The molecular formula is C16H16BrNO4S. The van der Waals surface area contributed by atoms with E-state index >= 15 is 0 Å². The lowest BCUT2D eigenvalue weighted by molar-refractivity contribution is 0.0943. The molecule has 0 unspecified atom stereocenters. The quantitative estimate of drug-likeness (QED) is 0.842. The van der Waals surface area contributed by atoms with Crippen LogP contribution in [-0.2, 0) is 15.8 Å². The first-order valence-corrected chi connectivity index (χ1v) is 9.57. The van der Waals surface area contributed by atoms with Crippen molar-refractivity contribution in [3.63, 3.8) is 0 Å². The predicted octanol–water partition coefficient (Wildman–Crippen LogP) is 2.71. The molecule has 0 fully saturated rings. The molecule has 0 saturated carbocycles. The van der Waals surface area contributed by atoms with Gasteiger partial charge < -0.3 is 9.47 Å². The molecule has 0 radical (unpaired) electrons. The summed E-state index contributed by atoms with van der Waals surface area (Å²) in [6.45, 7) is 0.487. The van der Waals surface area contributed by atoms with Crippen molar-refractivity contribution in [2.24, 2.45) is 0 Å². The van der Waals surface area contributed by atoms with Crippen molar-refractivity contribution >= 4 is 26.0 Å². The fourth-order valence-corrected chi connectivity index (χ4v) is 3.89. The average molecular weight is 398 g/mol. The molecule has 0 aromatic heterocycles. The Balaban J connectivity index is 1.58. The monoisotopic (exact) mass is 397 g/mol. The Labute approximate surface area is 143 Å². The van der Waals surface area contributed by atoms with Crippen LogP contribution >= 0.6 is 15.9 Å². The minimum atomic E-state index is -3.43. The molecular weight excluding hydrogens is 382 g/mol. The lowest BCUT2D eigenvalue weighted by atomic mass is 10.2. The van der Waals surface area contributed by atoms with Crippen molar-refractivity contribution in [1.82, 2.24) is 4.72 Å². The van der Waals surface area contributed by atoms with Gasteiger partial charge in [0.05, 0.1) is 12.3 Å². The van der Waals surface area contributed by atoms with Crippen LogP contribution in [0.5, 0.6) is 11.5 Å². The summed E-state index contributed by atoms with van der Waals surface area (Å²) in [7, 11) is -3.43. The summed E-state index contributed by atoms with van der Waals surface area (Å²) in [5.41, 5.74) is 0.720. The Kier molecular flexibility index (Phi) is 4.89. The van der Waals surface area contributed by atoms with E-state index < -0.39 is 10.0 Å². The van der Waals surface area contributed by atoms with Crippen molar-refractivity contribution in [3.05, 3.63) is 58.6 Å². The van der Waals surface area contributed by atoms with E-state index in [2.05, 4.69) is 20.7 Å². The third-order valence-electron chi connectivity index (χ3n) is 3.34. The Morgan fingerprint density at radius 1 is 1.13 bits per heavy atom. The zero-order valence-electron chi connectivity index (χ0n) is 12.2. The van der Waals surface area contributed by atoms with E-state index in [4.69, 9.17) is 9.47 Å². The standard InChI is InChI=1S/C16H16BrNO4S/c17-13-5-3-4-12(8-13)11-23(19,20)18-9-14-10-21-15-6-1-2-7-16(15)22-14/h1-8,14,18H,9-11H2/t14-/m0/s1. The molecule has 23 heavy (non-hydrogen) atoms. The fourth-order valence-electron chi connectivity index (χ4n) is 2.28. The van der Waals surface area contributed by atoms with Crippen LogP contribution in [0.4, 0.5) is 0 Å². The number of rotatable bonds is 5. The van der Waals surface area contributed by atoms with Crippen LogP contribution in [0, 0.1) is 0 Å². The zero-order valence-corrected chi connectivity index (χ0v) is 14.6. The van der Waals surface area contributed by atoms with Crippen LogP contribution in [0.15, 0.2) is 53.0 Å². The molecule has 0 saturated heterocycles. The fraction of sp³-hybridized carbons (Fsp3) is 0.250. The van der Waals surface area contributed by atoms with Crippen LogP contribution < -0.4 is 14.2 Å². The van der Waals surface area contributed by atoms with Crippen molar-refractivity contribution in [3.8, 4) is 11.5 Å². The summed E-state index contributed by atoms with van der Waals surface area (Å²) >= 11 is 3.33. The second kappa shape index (κ2) is 6.90. The van der Waals surface area contributed by atoms with Crippen molar-refractivity contribution in [1.29, 1.82) is 0 Å². The molecule has 0 bridgehead atoms. The number of benzene rings is 2. The van der Waals surface area contributed by atoms with Crippen LogP contribution in [-0.4, -0.2) is 27.7 Å². The van der Waals surface area contributed by atoms with E-state index in [1.54, 1.807) is 18.2 Å². The number of hydrogen-bond donors (Lipinski definition) is 1. The molecule has 0 spiro atoms. The summed E-state index contributed by atoms with van der Waals surface area (Å²) in [5, 5.41) is 0. The Bertz CT molecular complexity index is 794. The maximum Gasteiger partial charge on any atom is 0.215 e. The SMILES string of the molecule is O=S(=O)(Cc1cccc(Br)c1)NC[C@H]1COc2ccccc2O1. The van der Waals surface area contributed by atoms with Crippen LogP contribution in [0.1, 0.15) is 5.56 Å². The molecule has 0 aliphatic carbocycles. The molecule has 1 N–H and O–H groups in total. The first-order chi connectivity index (χ1) is 11.0. The highest BCUT2D eigenvalue weighted by molar-refractivity contribution is 9.10. The second-order valence-corrected chi connectivity index (χ2v) is 7.96. The molecule has 5 nitrogen and oxygen atoms in total. The summed E-state index contributed by atoms with van der Waals surface area (Å²) in [6, 6.07) is 14.6. The van der Waals surface area contributed by atoms with Gasteiger partial charge in [-0.25, -0.2) is 13.1 Å². The molecule has 122 valence electrons. The van der Waals surface area contributed by atoms with Crippen molar-refractivity contribution < 1.29 is 17.9 Å². The smallest absolute Gasteiger partial charge is 0.215 e. The van der Waals surface area contributed by atoms with Crippen LogP contribution in [0.2, 0.25) is 0 Å². The van der Waals surface area contributed by atoms with E-state index in [-0.39, 0.29) is 18.4 Å². The van der Waals surface area contributed by atoms with E-state index in [9.17, 15) is 8.42 Å². The maximum atomic E-state index is 12.2. The van der Waals surface area contributed by atoms with Crippen LogP contribution in [0.3, 0.4) is 0 Å². The number of sulfonamides is 1. The van der Waals surface area contributed by atoms with Gasteiger partial charge in [-0.3, -0.25) is 0 Å². The molecule has 2 aromatic rings. The Morgan fingerprint density at radius 3 is 2.70 bits per heavy atom. The zero-order chi connectivity index (χ0) is 16.3.